The molecular weight excluding hydrogens is 361 g/mol. The van der Waals surface area contributed by atoms with Gasteiger partial charge in [-0.1, -0.05) is 26.0 Å². The summed E-state index contributed by atoms with van der Waals surface area (Å²) in [7, 11) is 0. The molecule has 1 atom stereocenters. The van der Waals surface area contributed by atoms with E-state index in [4.69, 9.17) is 0 Å². The maximum atomic E-state index is 12.8. The molecule has 0 spiro atoms. The number of hydrogen-bond donors (Lipinski definition) is 2. The van der Waals surface area contributed by atoms with Gasteiger partial charge in [0.2, 0.25) is 0 Å². The third-order valence-corrected chi connectivity index (χ3v) is 4.44. The van der Waals surface area contributed by atoms with E-state index in [1.54, 1.807) is 6.92 Å². The lowest BCUT2D eigenvalue weighted by atomic mass is 10.1. The molecule has 0 aliphatic heterocycles. The fourth-order valence-electron chi connectivity index (χ4n) is 2.88. The smallest absolute Gasteiger partial charge is 0.390 e. The predicted octanol–water partition coefficient (Wildman–Crippen LogP) is 3.36. The average molecular weight is 380 g/mol. The summed E-state index contributed by atoms with van der Waals surface area (Å²) < 4.78 is 39.8. The summed E-state index contributed by atoms with van der Waals surface area (Å²) in [6, 6.07) is 4.27. The van der Waals surface area contributed by atoms with Gasteiger partial charge in [-0.15, -0.1) is 0 Å². The highest BCUT2D eigenvalue weighted by atomic mass is 19.4. The second-order valence-electron chi connectivity index (χ2n) is 6.65. The average Bonchev–Trinajstić information content (AvgIpc) is 2.99. The number of halogens is 3. The van der Waals surface area contributed by atoms with E-state index in [2.05, 4.69) is 15.1 Å². The highest BCUT2D eigenvalue weighted by Crippen LogP contribution is 2.31. The molecule has 0 saturated carbocycles. The molecule has 1 unspecified atom stereocenters. The summed E-state index contributed by atoms with van der Waals surface area (Å²) in [5.41, 5.74) is -0.105. The van der Waals surface area contributed by atoms with Crippen LogP contribution in [0.15, 0.2) is 29.1 Å². The molecule has 3 aromatic rings. The predicted molar refractivity (Wildman–Crippen MR) is 93.4 cm³/mol. The SMILES string of the molecule is CC(C)c1nc2c(c(CO)nn2C(C)c2ccc(C(F)(F)F)cc2)c(=O)[nH]1. The van der Waals surface area contributed by atoms with Crippen molar-refractivity contribution in [2.75, 3.05) is 0 Å². The third-order valence-electron chi connectivity index (χ3n) is 4.44. The van der Waals surface area contributed by atoms with Gasteiger partial charge in [-0.2, -0.15) is 18.3 Å². The number of benzene rings is 1. The van der Waals surface area contributed by atoms with Crippen LogP contribution in [0.5, 0.6) is 0 Å². The molecule has 1 aromatic carbocycles. The first-order chi connectivity index (χ1) is 12.6. The van der Waals surface area contributed by atoms with Crippen LogP contribution < -0.4 is 5.56 Å². The van der Waals surface area contributed by atoms with Crippen LogP contribution >= 0.6 is 0 Å². The van der Waals surface area contributed by atoms with Crippen LogP contribution in [0.3, 0.4) is 0 Å². The minimum atomic E-state index is -4.41. The Morgan fingerprint density at radius 1 is 1.19 bits per heavy atom. The van der Waals surface area contributed by atoms with Crippen molar-refractivity contribution in [1.29, 1.82) is 0 Å². The Morgan fingerprint density at radius 3 is 2.33 bits per heavy atom. The number of aromatic nitrogens is 4. The van der Waals surface area contributed by atoms with Crippen molar-refractivity contribution >= 4 is 11.0 Å². The first-order valence-electron chi connectivity index (χ1n) is 8.42. The van der Waals surface area contributed by atoms with E-state index in [-0.39, 0.29) is 17.0 Å². The molecule has 3 rings (SSSR count). The topological polar surface area (TPSA) is 83.8 Å². The van der Waals surface area contributed by atoms with Gasteiger partial charge >= 0.3 is 6.18 Å². The van der Waals surface area contributed by atoms with Crippen molar-refractivity contribution in [3.8, 4) is 0 Å². The van der Waals surface area contributed by atoms with Crippen LogP contribution in [0.4, 0.5) is 13.2 Å². The monoisotopic (exact) mass is 380 g/mol. The Morgan fingerprint density at radius 2 is 1.81 bits per heavy atom. The van der Waals surface area contributed by atoms with Crippen LogP contribution in [0, 0.1) is 0 Å². The van der Waals surface area contributed by atoms with E-state index >= 15 is 0 Å². The highest BCUT2D eigenvalue weighted by molar-refractivity contribution is 5.77. The Hall–Kier alpha value is -2.68. The lowest BCUT2D eigenvalue weighted by Crippen LogP contribution is -2.15. The van der Waals surface area contributed by atoms with Crippen molar-refractivity contribution in [1.82, 2.24) is 19.7 Å². The Bertz CT molecular complexity index is 1020. The number of H-pyrrole nitrogens is 1. The lowest BCUT2D eigenvalue weighted by Gasteiger charge is -2.15. The zero-order valence-corrected chi connectivity index (χ0v) is 15.0. The molecule has 0 amide bonds. The van der Waals surface area contributed by atoms with Crippen molar-refractivity contribution in [3.63, 3.8) is 0 Å². The molecule has 0 bridgehead atoms. The molecule has 27 heavy (non-hydrogen) atoms. The van der Waals surface area contributed by atoms with Gasteiger partial charge in [-0.25, -0.2) is 9.67 Å². The fraction of sp³-hybridized carbons (Fsp3) is 0.389. The van der Waals surface area contributed by atoms with Gasteiger partial charge in [0.05, 0.1) is 18.2 Å². The molecule has 2 aromatic heterocycles. The molecule has 2 N–H and O–H groups in total. The number of aliphatic hydroxyl groups is 1. The molecule has 0 saturated heterocycles. The number of aromatic amines is 1. The number of hydrogen-bond acceptors (Lipinski definition) is 4. The summed E-state index contributed by atoms with van der Waals surface area (Å²) in [5, 5.41) is 14.0. The summed E-state index contributed by atoms with van der Waals surface area (Å²) in [5.74, 6) is 0.433. The number of fused-ring (bicyclic) bond motifs is 1. The molecule has 0 aliphatic rings. The van der Waals surface area contributed by atoms with Crippen molar-refractivity contribution in [3.05, 3.63) is 57.3 Å². The van der Waals surface area contributed by atoms with Crippen LogP contribution in [0.2, 0.25) is 0 Å². The van der Waals surface area contributed by atoms with Gasteiger partial charge in [-0.3, -0.25) is 4.79 Å². The normalized spacial score (nSPS) is 13.5. The zero-order chi connectivity index (χ0) is 19.9. The van der Waals surface area contributed by atoms with Gasteiger partial charge in [0.1, 0.15) is 16.9 Å². The Labute approximate surface area is 152 Å². The van der Waals surface area contributed by atoms with Crippen molar-refractivity contribution in [2.24, 2.45) is 0 Å². The number of nitrogens with one attached hydrogen (secondary N) is 1. The summed E-state index contributed by atoms with van der Waals surface area (Å²) in [4.78, 5) is 19.6. The van der Waals surface area contributed by atoms with E-state index in [1.807, 2.05) is 13.8 Å². The molecular formula is C18H19F3N4O2. The molecule has 0 fully saturated rings. The number of alkyl halides is 3. The first-order valence-corrected chi connectivity index (χ1v) is 8.42. The largest absolute Gasteiger partial charge is 0.416 e. The van der Waals surface area contributed by atoms with E-state index in [9.17, 15) is 23.1 Å². The maximum Gasteiger partial charge on any atom is 0.416 e. The fourth-order valence-corrected chi connectivity index (χ4v) is 2.88. The summed E-state index contributed by atoms with van der Waals surface area (Å²) in [6.45, 7) is 5.04. The van der Waals surface area contributed by atoms with E-state index < -0.39 is 29.9 Å². The van der Waals surface area contributed by atoms with Crippen LogP contribution in [-0.2, 0) is 12.8 Å². The van der Waals surface area contributed by atoms with E-state index in [1.165, 1.54) is 16.8 Å². The van der Waals surface area contributed by atoms with Gasteiger partial charge in [0.15, 0.2) is 5.65 Å². The van der Waals surface area contributed by atoms with E-state index in [0.29, 0.717) is 17.0 Å². The molecule has 144 valence electrons. The first kappa shape index (κ1) is 19.1. The number of rotatable bonds is 4. The summed E-state index contributed by atoms with van der Waals surface area (Å²) >= 11 is 0. The van der Waals surface area contributed by atoms with Gasteiger partial charge in [0, 0.05) is 5.92 Å². The molecule has 2 heterocycles. The second kappa shape index (κ2) is 6.80. The maximum absolute atomic E-state index is 12.8. The Balaban J connectivity index is 2.14. The molecule has 0 radical (unpaired) electrons. The second-order valence-corrected chi connectivity index (χ2v) is 6.65. The van der Waals surface area contributed by atoms with Gasteiger partial charge in [0.25, 0.3) is 5.56 Å². The molecule has 6 nitrogen and oxygen atoms in total. The third kappa shape index (κ3) is 3.46. The molecule has 9 heteroatoms. The number of aliphatic hydroxyl groups excluding tert-OH is 1. The van der Waals surface area contributed by atoms with Crippen LogP contribution in [0.1, 0.15) is 55.4 Å². The van der Waals surface area contributed by atoms with Crippen molar-refractivity contribution < 1.29 is 18.3 Å². The zero-order valence-electron chi connectivity index (χ0n) is 15.0. The quantitative estimate of drug-likeness (QED) is 0.727. The Kier molecular flexibility index (Phi) is 4.81. The number of nitrogens with zero attached hydrogens (tertiary/aromatic N) is 3. The van der Waals surface area contributed by atoms with E-state index in [0.717, 1.165) is 12.1 Å². The molecule has 0 aliphatic carbocycles. The minimum absolute atomic E-state index is 0.0376. The van der Waals surface area contributed by atoms with Crippen molar-refractivity contribution in [2.45, 2.75) is 45.5 Å². The van der Waals surface area contributed by atoms with Gasteiger partial charge in [-0.05, 0) is 24.6 Å². The summed E-state index contributed by atoms with van der Waals surface area (Å²) in [6.07, 6.45) is -4.41. The van der Waals surface area contributed by atoms with Crippen LogP contribution in [-0.4, -0.2) is 24.9 Å². The minimum Gasteiger partial charge on any atom is -0.390 e. The highest BCUT2D eigenvalue weighted by Gasteiger charge is 2.30. The lowest BCUT2D eigenvalue weighted by molar-refractivity contribution is -0.137. The van der Waals surface area contributed by atoms with Gasteiger partial charge < -0.3 is 10.1 Å². The standard InChI is InChI=1S/C18H19F3N4O2/c1-9(2)15-22-16-14(17(27)23-15)13(8-26)24-25(16)10(3)11-4-6-12(7-5-11)18(19,20)21/h4-7,9-10,26H,8H2,1-3H3,(H,22,23,27). The van der Waals surface area contributed by atoms with Crippen LogP contribution in [0.25, 0.3) is 11.0 Å².